The first kappa shape index (κ1) is 24.0. The van der Waals surface area contributed by atoms with E-state index in [4.69, 9.17) is 11.6 Å². The first-order chi connectivity index (χ1) is 14.6. The predicted octanol–water partition coefficient (Wildman–Crippen LogP) is 4.76. The fourth-order valence-corrected chi connectivity index (χ4v) is 3.20. The first-order valence-corrected chi connectivity index (χ1v) is 9.21. The number of likely N-dealkylation sites (tertiary alicyclic amines) is 1. The van der Waals surface area contributed by atoms with Crippen molar-refractivity contribution < 1.29 is 39.9 Å². The van der Waals surface area contributed by atoms with Gasteiger partial charge in [-0.3, -0.25) is 4.79 Å². The van der Waals surface area contributed by atoms with Gasteiger partial charge in [0, 0.05) is 22.9 Å². The average molecular weight is 489 g/mol. The number of amides is 1. The summed E-state index contributed by atoms with van der Waals surface area (Å²) in [5.74, 6) is -3.89. The monoisotopic (exact) mass is 488 g/mol. The maximum Gasteiger partial charge on any atom is 0.393 e. The Hall–Kier alpha value is -2.70. The summed E-state index contributed by atoms with van der Waals surface area (Å²) in [4.78, 5) is 16.5. The van der Waals surface area contributed by atoms with Crippen LogP contribution in [0.25, 0.3) is 17.6 Å². The predicted molar refractivity (Wildman–Crippen MR) is 96.8 cm³/mol. The molecule has 0 N–H and O–H groups in total. The number of carbonyl (C=O) groups excluding carboxylic acids is 1. The summed E-state index contributed by atoms with van der Waals surface area (Å²) in [6, 6.07) is 1.87. The van der Waals surface area contributed by atoms with Crippen LogP contribution >= 0.6 is 11.6 Å². The van der Waals surface area contributed by atoms with Crippen molar-refractivity contribution in [1.29, 1.82) is 0 Å². The largest absolute Gasteiger partial charge is 0.393 e. The molecule has 0 bridgehead atoms. The molecule has 2 aromatic rings. The molecule has 1 saturated heterocycles. The number of carbonyl (C=O) groups is 1. The Morgan fingerprint density at radius 2 is 1.59 bits per heavy atom. The zero-order valence-electron chi connectivity index (χ0n) is 15.8. The quantitative estimate of drug-likeness (QED) is 0.451. The van der Waals surface area contributed by atoms with Gasteiger partial charge in [-0.1, -0.05) is 11.6 Å². The summed E-state index contributed by atoms with van der Waals surface area (Å²) in [6.45, 7) is -1.46. The van der Waals surface area contributed by atoms with Gasteiger partial charge in [0.2, 0.25) is 5.91 Å². The average Bonchev–Trinajstić information content (AvgIpc) is 3.07. The normalized spacial score (nSPS) is 16.5. The van der Waals surface area contributed by atoms with Gasteiger partial charge in [-0.2, -0.15) is 26.3 Å². The fourth-order valence-electron chi connectivity index (χ4n) is 2.96. The van der Waals surface area contributed by atoms with E-state index in [0.29, 0.717) is 0 Å². The fraction of sp³-hybridized carbons (Fsp3) is 0.389. The van der Waals surface area contributed by atoms with Crippen molar-refractivity contribution in [2.24, 2.45) is 0 Å². The van der Waals surface area contributed by atoms with Crippen molar-refractivity contribution >= 4 is 23.7 Å². The molecule has 0 aliphatic carbocycles. The number of benzene rings is 1. The minimum Gasteiger partial charge on any atom is -0.327 e. The minimum absolute atomic E-state index is 0.145. The van der Waals surface area contributed by atoms with Crippen LogP contribution in [0.1, 0.15) is 11.1 Å². The Balaban J connectivity index is 1.86. The molecule has 5 nitrogen and oxygen atoms in total. The minimum atomic E-state index is -4.72. The second-order valence-corrected chi connectivity index (χ2v) is 7.48. The maximum absolute atomic E-state index is 12.8. The van der Waals surface area contributed by atoms with Crippen LogP contribution in [0.3, 0.4) is 0 Å². The summed E-state index contributed by atoms with van der Waals surface area (Å²) in [5, 5.41) is 3.23. The number of hydrogen-bond donors (Lipinski definition) is 0. The van der Waals surface area contributed by atoms with E-state index in [1.807, 2.05) is 0 Å². The van der Waals surface area contributed by atoms with Gasteiger partial charge in [0.1, 0.15) is 6.33 Å². The molecule has 1 fully saturated rings. The number of nitrogens with zero attached hydrogens (tertiary/aromatic N) is 4. The zero-order chi connectivity index (χ0) is 23.9. The summed E-state index contributed by atoms with van der Waals surface area (Å²) in [7, 11) is 0. The third-order valence-electron chi connectivity index (χ3n) is 4.30. The first-order valence-electron chi connectivity index (χ1n) is 8.83. The van der Waals surface area contributed by atoms with Gasteiger partial charge in [-0.15, -0.1) is 5.10 Å². The molecule has 0 spiro atoms. The van der Waals surface area contributed by atoms with E-state index in [1.54, 1.807) is 0 Å². The number of hydrogen-bond acceptors (Lipinski definition) is 3. The SMILES string of the molecule is O=C(C=Cn1cnc(-c2cc(CC(F)(F)F)c(Cl)c(CC(F)(F)F)c2)n1)N1CC(F)(F)C1. The molecule has 1 aliphatic rings. The number of alkyl halides is 8. The highest BCUT2D eigenvalue weighted by Crippen LogP contribution is 2.35. The van der Waals surface area contributed by atoms with E-state index in [0.717, 1.165) is 40.3 Å². The Morgan fingerprint density at radius 1 is 1.06 bits per heavy atom. The molecule has 0 atom stereocenters. The molecular formula is C18H13ClF8N4O. The Labute approximate surface area is 180 Å². The lowest BCUT2D eigenvalue weighted by Gasteiger charge is -2.37. The van der Waals surface area contributed by atoms with Crippen LogP contribution in [0.15, 0.2) is 24.5 Å². The van der Waals surface area contributed by atoms with Crippen molar-refractivity contribution in [2.75, 3.05) is 13.1 Å². The van der Waals surface area contributed by atoms with E-state index in [9.17, 15) is 39.9 Å². The van der Waals surface area contributed by atoms with E-state index >= 15 is 0 Å². The summed E-state index contributed by atoms with van der Waals surface area (Å²) >= 11 is 5.79. The Kier molecular flexibility index (Phi) is 6.24. The van der Waals surface area contributed by atoms with Gasteiger partial charge >= 0.3 is 12.4 Å². The molecule has 14 heteroatoms. The van der Waals surface area contributed by atoms with Gasteiger partial charge in [0.15, 0.2) is 5.82 Å². The van der Waals surface area contributed by atoms with Crippen LogP contribution in [0.2, 0.25) is 5.02 Å². The topological polar surface area (TPSA) is 51.0 Å². The molecule has 174 valence electrons. The van der Waals surface area contributed by atoms with Crippen LogP contribution in [-0.2, 0) is 17.6 Å². The second-order valence-electron chi connectivity index (χ2n) is 7.11. The molecule has 1 aromatic carbocycles. The molecule has 1 aliphatic heterocycles. The number of halogens is 9. The van der Waals surface area contributed by atoms with E-state index in [1.165, 1.54) is 0 Å². The van der Waals surface area contributed by atoms with Crippen LogP contribution in [0, 0.1) is 0 Å². The van der Waals surface area contributed by atoms with Gasteiger partial charge in [0.25, 0.3) is 5.92 Å². The highest BCUT2D eigenvalue weighted by Gasteiger charge is 2.45. The number of aromatic nitrogens is 3. The Morgan fingerprint density at radius 3 is 2.06 bits per heavy atom. The van der Waals surface area contributed by atoms with Crippen molar-refractivity contribution in [3.8, 4) is 11.4 Å². The summed E-state index contributed by atoms with van der Waals surface area (Å²) in [6.07, 6.45) is -9.51. The van der Waals surface area contributed by atoms with E-state index < -0.39 is 66.3 Å². The van der Waals surface area contributed by atoms with Gasteiger partial charge < -0.3 is 4.90 Å². The molecular weight excluding hydrogens is 476 g/mol. The van der Waals surface area contributed by atoms with Crippen molar-refractivity contribution in [2.45, 2.75) is 31.1 Å². The van der Waals surface area contributed by atoms with Crippen molar-refractivity contribution in [1.82, 2.24) is 19.7 Å². The van der Waals surface area contributed by atoms with Crippen LogP contribution in [-0.4, -0.2) is 56.9 Å². The van der Waals surface area contributed by atoms with Crippen molar-refractivity contribution in [3.63, 3.8) is 0 Å². The second kappa shape index (κ2) is 8.34. The third kappa shape index (κ3) is 6.17. The lowest BCUT2D eigenvalue weighted by atomic mass is 10.0. The molecule has 3 rings (SSSR count). The molecule has 1 aromatic heterocycles. The molecule has 2 heterocycles. The summed E-state index contributed by atoms with van der Waals surface area (Å²) < 4.78 is 104. The maximum atomic E-state index is 12.8. The lowest BCUT2D eigenvalue weighted by Crippen LogP contribution is -2.58. The van der Waals surface area contributed by atoms with Crippen LogP contribution in [0.5, 0.6) is 0 Å². The molecule has 1 amide bonds. The smallest absolute Gasteiger partial charge is 0.327 e. The third-order valence-corrected chi connectivity index (χ3v) is 4.78. The van der Waals surface area contributed by atoms with Crippen molar-refractivity contribution in [3.05, 3.63) is 40.7 Å². The summed E-state index contributed by atoms with van der Waals surface area (Å²) in [5.41, 5.74) is -1.29. The standard InChI is InChI=1S/C18H13ClF8N4O/c19-14-11(5-17(22,23)24)3-10(4-12(14)6-18(25,26)27)15-28-9-31(29-15)2-1-13(32)30-7-16(20,21)8-30/h1-4,9H,5-8H2. The van der Waals surface area contributed by atoms with Gasteiger partial charge in [0.05, 0.1) is 25.9 Å². The molecule has 0 radical (unpaired) electrons. The van der Waals surface area contributed by atoms with Crippen LogP contribution in [0.4, 0.5) is 35.1 Å². The Bertz CT molecular complexity index is 999. The zero-order valence-corrected chi connectivity index (χ0v) is 16.6. The highest BCUT2D eigenvalue weighted by atomic mass is 35.5. The van der Waals surface area contributed by atoms with Gasteiger partial charge in [-0.25, -0.2) is 18.4 Å². The molecule has 0 saturated carbocycles. The number of rotatable bonds is 5. The van der Waals surface area contributed by atoms with E-state index in [-0.39, 0.29) is 11.4 Å². The lowest BCUT2D eigenvalue weighted by molar-refractivity contribution is -0.160. The molecule has 32 heavy (non-hydrogen) atoms. The van der Waals surface area contributed by atoms with E-state index in [2.05, 4.69) is 10.1 Å². The highest BCUT2D eigenvalue weighted by molar-refractivity contribution is 6.32. The molecule has 0 unspecified atom stereocenters. The van der Waals surface area contributed by atoms with Crippen LogP contribution < -0.4 is 0 Å². The van der Waals surface area contributed by atoms with Gasteiger partial charge in [-0.05, 0) is 23.3 Å².